The van der Waals surface area contributed by atoms with Gasteiger partial charge >= 0.3 is 0 Å². The van der Waals surface area contributed by atoms with E-state index in [0.717, 1.165) is 10.9 Å². The maximum absolute atomic E-state index is 12.1. The Balaban J connectivity index is 2.70. The number of hydrogen-bond donors (Lipinski definition) is 2. The fourth-order valence-electron chi connectivity index (χ4n) is 1.89. The van der Waals surface area contributed by atoms with Crippen molar-refractivity contribution in [2.45, 2.75) is 19.4 Å². The molecule has 100 valence electrons. The summed E-state index contributed by atoms with van der Waals surface area (Å²) in [5.74, 6) is 0.514. The quantitative estimate of drug-likeness (QED) is 0.889. The lowest BCUT2D eigenvalue weighted by atomic mass is 10.1. The summed E-state index contributed by atoms with van der Waals surface area (Å²) in [6, 6.07) is 7.44. The zero-order valence-corrected chi connectivity index (χ0v) is 11.2. The largest absolute Gasteiger partial charge is 0.495 e. The third-order valence-corrected chi connectivity index (χ3v) is 2.77. The number of para-hydroxylation sites is 1. The van der Waals surface area contributed by atoms with Gasteiger partial charge in [0.15, 0.2) is 0 Å². The molecule has 1 aromatic carbocycles. The van der Waals surface area contributed by atoms with E-state index in [1.54, 1.807) is 26.0 Å². The molecule has 0 atom stereocenters. The SMILES string of the molecule is COc1c(/C=C/C(C)(C)O)c(=O)[nH]c2ccccc12. The van der Waals surface area contributed by atoms with Crippen molar-refractivity contribution in [1.29, 1.82) is 0 Å². The van der Waals surface area contributed by atoms with Gasteiger partial charge in [-0.15, -0.1) is 0 Å². The Kier molecular flexibility index (Phi) is 3.44. The highest BCUT2D eigenvalue weighted by Crippen LogP contribution is 2.26. The molecular formula is C15H17NO3. The fourth-order valence-corrected chi connectivity index (χ4v) is 1.89. The standard InChI is InChI=1S/C15H17NO3/c1-15(2,18)9-8-11-13(19-3)10-6-4-5-7-12(10)16-14(11)17/h4-9,18H,1-3H3,(H,16,17)/b9-8+. The number of H-pyrrole nitrogens is 1. The summed E-state index contributed by atoms with van der Waals surface area (Å²) in [6.45, 7) is 3.29. The molecule has 0 aliphatic carbocycles. The van der Waals surface area contributed by atoms with Gasteiger partial charge in [-0.3, -0.25) is 4.79 Å². The zero-order valence-electron chi connectivity index (χ0n) is 11.2. The fraction of sp³-hybridized carbons (Fsp3) is 0.267. The van der Waals surface area contributed by atoms with E-state index in [1.165, 1.54) is 7.11 Å². The summed E-state index contributed by atoms with van der Waals surface area (Å²) in [5, 5.41) is 10.5. The molecule has 4 heteroatoms. The number of rotatable bonds is 3. The number of nitrogens with one attached hydrogen (secondary N) is 1. The molecule has 4 nitrogen and oxygen atoms in total. The van der Waals surface area contributed by atoms with Crippen LogP contribution < -0.4 is 10.3 Å². The van der Waals surface area contributed by atoms with E-state index in [1.807, 2.05) is 24.3 Å². The number of fused-ring (bicyclic) bond motifs is 1. The average Bonchev–Trinajstić information content (AvgIpc) is 2.34. The minimum Gasteiger partial charge on any atom is -0.495 e. The van der Waals surface area contributed by atoms with E-state index in [-0.39, 0.29) is 5.56 Å². The van der Waals surface area contributed by atoms with Gasteiger partial charge < -0.3 is 14.8 Å². The van der Waals surface area contributed by atoms with Crippen LogP contribution >= 0.6 is 0 Å². The van der Waals surface area contributed by atoms with Crippen LogP contribution in [-0.2, 0) is 0 Å². The van der Waals surface area contributed by atoms with Crippen molar-refractivity contribution in [3.63, 3.8) is 0 Å². The molecule has 1 aromatic heterocycles. The first kappa shape index (κ1) is 13.4. The van der Waals surface area contributed by atoms with Crippen LogP contribution in [0, 0.1) is 0 Å². The van der Waals surface area contributed by atoms with E-state index in [0.29, 0.717) is 11.3 Å². The van der Waals surface area contributed by atoms with Crippen LogP contribution in [0.1, 0.15) is 19.4 Å². The topological polar surface area (TPSA) is 62.3 Å². The van der Waals surface area contributed by atoms with Crippen molar-refractivity contribution in [3.05, 3.63) is 46.3 Å². The second-order valence-corrected chi connectivity index (χ2v) is 4.93. The monoisotopic (exact) mass is 259 g/mol. The molecule has 0 saturated heterocycles. The van der Waals surface area contributed by atoms with Gasteiger partial charge in [0.1, 0.15) is 5.75 Å². The molecule has 0 amide bonds. The first-order valence-corrected chi connectivity index (χ1v) is 6.03. The second kappa shape index (κ2) is 4.90. The van der Waals surface area contributed by atoms with Gasteiger partial charge in [0.25, 0.3) is 5.56 Å². The molecule has 0 aliphatic heterocycles. The summed E-state index contributed by atoms with van der Waals surface area (Å²) in [4.78, 5) is 14.9. The lowest BCUT2D eigenvalue weighted by Gasteiger charge is -2.12. The van der Waals surface area contributed by atoms with E-state index < -0.39 is 5.60 Å². The van der Waals surface area contributed by atoms with Crippen molar-refractivity contribution in [2.24, 2.45) is 0 Å². The molecule has 0 unspecified atom stereocenters. The van der Waals surface area contributed by atoms with Crippen LogP contribution in [0.15, 0.2) is 35.1 Å². The molecule has 2 N–H and O–H groups in total. The normalized spacial score (nSPS) is 12.2. The van der Waals surface area contributed by atoms with Crippen molar-refractivity contribution in [2.75, 3.05) is 7.11 Å². The molecule has 0 saturated carbocycles. The minimum atomic E-state index is -0.983. The summed E-state index contributed by atoms with van der Waals surface area (Å²) in [5.41, 5.74) is -0.0903. The second-order valence-electron chi connectivity index (χ2n) is 4.93. The maximum Gasteiger partial charge on any atom is 0.259 e. The molecule has 0 radical (unpaired) electrons. The molecule has 2 aromatic rings. The van der Waals surface area contributed by atoms with E-state index in [9.17, 15) is 9.90 Å². The van der Waals surface area contributed by atoms with Gasteiger partial charge in [-0.2, -0.15) is 0 Å². The van der Waals surface area contributed by atoms with Crippen LogP contribution in [-0.4, -0.2) is 22.8 Å². The van der Waals surface area contributed by atoms with Crippen LogP contribution in [0.4, 0.5) is 0 Å². The number of aromatic nitrogens is 1. The summed E-state index contributed by atoms with van der Waals surface area (Å²) >= 11 is 0. The molecule has 1 heterocycles. The minimum absolute atomic E-state index is 0.240. The first-order chi connectivity index (χ1) is 8.92. The number of methoxy groups -OCH3 is 1. The van der Waals surface area contributed by atoms with Crippen LogP contribution in [0.5, 0.6) is 5.75 Å². The van der Waals surface area contributed by atoms with Gasteiger partial charge in [-0.05, 0) is 32.1 Å². The maximum atomic E-state index is 12.1. The van der Waals surface area contributed by atoms with Crippen LogP contribution in [0.25, 0.3) is 17.0 Å². The molecule has 2 rings (SSSR count). The Morgan fingerprint density at radius 3 is 2.63 bits per heavy atom. The van der Waals surface area contributed by atoms with E-state index in [2.05, 4.69) is 4.98 Å². The Morgan fingerprint density at radius 1 is 1.32 bits per heavy atom. The van der Waals surface area contributed by atoms with Gasteiger partial charge in [-0.25, -0.2) is 0 Å². The lowest BCUT2D eigenvalue weighted by Crippen LogP contribution is -2.15. The first-order valence-electron chi connectivity index (χ1n) is 6.03. The van der Waals surface area contributed by atoms with Crippen molar-refractivity contribution in [3.8, 4) is 5.75 Å². The predicted octanol–water partition coefficient (Wildman–Crippen LogP) is 2.32. The molecule has 0 bridgehead atoms. The molecule has 0 fully saturated rings. The van der Waals surface area contributed by atoms with Gasteiger partial charge in [0.2, 0.25) is 0 Å². The van der Waals surface area contributed by atoms with Crippen molar-refractivity contribution < 1.29 is 9.84 Å². The Morgan fingerprint density at radius 2 is 2.00 bits per heavy atom. The third kappa shape index (κ3) is 2.85. The van der Waals surface area contributed by atoms with Crippen molar-refractivity contribution >= 4 is 17.0 Å². The van der Waals surface area contributed by atoms with Crippen LogP contribution in [0.2, 0.25) is 0 Å². The highest BCUT2D eigenvalue weighted by atomic mass is 16.5. The summed E-state index contributed by atoms with van der Waals surface area (Å²) < 4.78 is 5.35. The summed E-state index contributed by atoms with van der Waals surface area (Å²) in [7, 11) is 1.53. The highest BCUT2D eigenvalue weighted by Gasteiger charge is 2.12. The molecule has 0 spiro atoms. The Labute approximate surface area is 111 Å². The summed E-state index contributed by atoms with van der Waals surface area (Å²) in [6.07, 6.45) is 3.15. The smallest absolute Gasteiger partial charge is 0.259 e. The van der Waals surface area contributed by atoms with Gasteiger partial charge in [0, 0.05) is 5.39 Å². The number of benzene rings is 1. The third-order valence-electron chi connectivity index (χ3n) is 2.77. The number of hydrogen-bond acceptors (Lipinski definition) is 3. The highest BCUT2D eigenvalue weighted by molar-refractivity contribution is 5.88. The van der Waals surface area contributed by atoms with E-state index >= 15 is 0 Å². The lowest BCUT2D eigenvalue weighted by molar-refractivity contribution is 0.134. The molecule has 0 aliphatic rings. The zero-order chi connectivity index (χ0) is 14.0. The Bertz CT molecular complexity index is 678. The Hall–Kier alpha value is -2.07. The number of ether oxygens (including phenoxy) is 1. The molecular weight excluding hydrogens is 242 g/mol. The van der Waals surface area contributed by atoms with Gasteiger partial charge in [0.05, 0.1) is 23.8 Å². The average molecular weight is 259 g/mol. The van der Waals surface area contributed by atoms with Crippen molar-refractivity contribution in [1.82, 2.24) is 4.98 Å². The van der Waals surface area contributed by atoms with Crippen LogP contribution in [0.3, 0.4) is 0 Å². The number of aromatic amines is 1. The van der Waals surface area contributed by atoms with E-state index in [4.69, 9.17) is 4.74 Å². The van der Waals surface area contributed by atoms with Gasteiger partial charge in [-0.1, -0.05) is 18.2 Å². The predicted molar refractivity (Wildman–Crippen MR) is 76.5 cm³/mol. The molecule has 19 heavy (non-hydrogen) atoms. The number of aliphatic hydroxyl groups is 1. The number of pyridine rings is 1.